The Kier molecular flexibility index (Phi) is 8.10. The maximum absolute atomic E-state index is 13.2. The third-order valence-corrected chi connectivity index (χ3v) is 7.40. The molecule has 1 fully saturated rings. The number of anilines is 1. The van der Waals surface area contributed by atoms with Gasteiger partial charge < -0.3 is 15.1 Å². The molecule has 3 atom stereocenters. The Hall–Kier alpha value is -3.29. The summed E-state index contributed by atoms with van der Waals surface area (Å²) in [6, 6.07) is 5.94. The van der Waals surface area contributed by atoms with Crippen LogP contribution in [-0.4, -0.2) is 64.4 Å². The Bertz CT molecular complexity index is 1020. The van der Waals surface area contributed by atoms with Crippen LogP contribution in [0.4, 0.5) is 5.82 Å². The SMILES string of the molecule is CC1=C[C@@H](CNC(=O)c2cnccn2)[C@H](C(C)C)C[C@H]1CC(=O)N1CCN(c2ccccn2)CC1. The molecule has 0 aromatic carbocycles. The molecule has 4 rings (SSSR count). The maximum Gasteiger partial charge on any atom is 0.271 e. The number of nitrogens with zero attached hydrogens (tertiary/aromatic N) is 5. The number of rotatable bonds is 7. The molecule has 0 unspecified atom stereocenters. The number of carbonyl (C=O) groups excluding carboxylic acids is 2. The number of aromatic nitrogens is 3. The van der Waals surface area contributed by atoms with Crippen LogP contribution in [0.3, 0.4) is 0 Å². The molecule has 1 N–H and O–H groups in total. The van der Waals surface area contributed by atoms with Gasteiger partial charge in [0.05, 0.1) is 6.20 Å². The minimum atomic E-state index is -0.200. The summed E-state index contributed by atoms with van der Waals surface area (Å²) >= 11 is 0. The lowest BCUT2D eigenvalue weighted by Gasteiger charge is -2.39. The van der Waals surface area contributed by atoms with Gasteiger partial charge in [-0.2, -0.15) is 0 Å². The van der Waals surface area contributed by atoms with Crippen LogP contribution < -0.4 is 10.2 Å². The molecular weight excluding hydrogens is 440 g/mol. The van der Waals surface area contributed by atoms with Crippen molar-refractivity contribution in [2.45, 2.75) is 33.6 Å². The van der Waals surface area contributed by atoms with E-state index in [1.54, 1.807) is 6.20 Å². The van der Waals surface area contributed by atoms with Gasteiger partial charge in [0.15, 0.2) is 0 Å². The number of carbonyl (C=O) groups is 2. The predicted octanol–water partition coefficient (Wildman–Crippen LogP) is 3.19. The molecule has 3 heterocycles. The van der Waals surface area contributed by atoms with Gasteiger partial charge in [0.1, 0.15) is 11.5 Å². The Labute approximate surface area is 207 Å². The van der Waals surface area contributed by atoms with Crippen molar-refractivity contribution in [1.82, 2.24) is 25.2 Å². The molecule has 35 heavy (non-hydrogen) atoms. The molecule has 2 amide bonds. The van der Waals surface area contributed by atoms with Gasteiger partial charge in [-0.25, -0.2) is 9.97 Å². The first-order valence-electron chi connectivity index (χ1n) is 12.6. The molecule has 1 saturated heterocycles. The van der Waals surface area contributed by atoms with Crippen molar-refractivity contribution in [1.29, 1.82) is 0 Å². The minimum Gasteiger partial charge on any atom is -0.353 e. The number of piperazine rings is 1. The second-order valence-corrected chi connectivity index (χ2v) is 9.98. The zero-order chi connectivity index (χ0) is 24.8. The highest BCUT2D eigenvalue weighted by molar-refractivity contribution is 5.91. The molecule has 2 aromatic rings. The zero-order valence-corrected chi connectivity index (χ0v) is 20.9. The van der Waals surface area contributed by atoms with Crippen LogP contribution in [0.2, 0.25) is 0 Å². The van der Waals surface area contributed by atoms with E-state index in [1.165, 1.54) is 18.0 Å². The molecule has 0 bridgehead atoms. The Balaban J connectivity index is 1.33. The lowest BCUT2D eigenvalue weighted by atomic mass is 9.69. The summed E-state index contributed by atoms with van der Waals surface area (Å²) in [5.74, 6) is 2.36. The van der Waals surface area contributed by atoms with E-state index in [0.717, 1.165) is 38.4 Å². The second kappa shape index (κ2) is 11.4. The summed E-state index contributed by atoms with van der Waals surface area (Å²) < 4.78 is 0. The molecule has 0 radical (unpaired) electrons. The summed E-state index contributed by atoms with van der Waals surface area (Å²) in [7, 11) is 0. The van der Waals surface area contributed by atoms with Crippen molar-refractivity contribution in [2.75, 3.05) is 37.6 Å². The monoisotopic (exact) mass is 476 g/mol. The fourth-order valence-corrected chi connectivity index (χ4v) is 5.29. The summed E-state index contributed by atoms with van der Waals surface area (Å²) in [4.78, 5) is 42.4. The van der Waals surface area contributed by atoms with Gasteiger partial charge in [0.2, 0.25) is 5.91 Å². The van der Waals surface area contributed by atoms with Crippen LogP contribution in [0.5, 0.6) is 0 Å². The number of hydrogen-bond acceptors (Lipinski definition) is 6. The molecule has 2 aromatic heterocycles. The standard InChI is InChI=1S/C27H36N6O2/c1-19(2)23-15-21(20(3)14-22(23)17-31-27(35)24-18-28-8-9-29-24)16-26(34)33-12-10-32(11-13-33)25-6-4-5-7-30-25/h4-9,14,18-19,21-23H,10-13,15-17H2,1-3H3,(H,31,35)/t21-,22-,23-/m0/s1. The van der Waals surface area contributed by atoms with E-state index < -0.39 is 0 Å². The third-order valence-electron chi connectivity index (χ3n) is 7.40. The summed E-state index contributed by atoms with van der Waals surface area (Å²) in [5, 5.41) is 3.03. The van der Waals surface area contributed by atoms with Crippen molar-refractivity contribution >= 4 is 17.6 Å². The highest BCUT2D eigenvalue weighted by Gasteiger charge is 2.34. The van der Waals surface area contributed by atoms with Crippen LogP contribution in [0.1, 0.15) is 44.1 Å². The molecule has 0 saturated carbocycles. The lowest BCUT2D eigenvalue weighted by Crippen LogP contribution is -2.49. The molecule has 0 spiro atoms. The lowest BCUT2D eigenvalue weighted by molar-refractivity contribution is -0.132. The molecule has 186 valence electrons. The Morgan fingerprint density at radius 2 is 1.89 bits per heavy atom. The molecule has 8 nitrogen and oxygen atoms in total. The first-order chi connectivity index (χ1) is 16.9. The number of nitrogens with one attached hydrogen (secondary N) is 1. The van der Waals surface area contributed by atoms with Crippen molar-refractivity contribution in [2.24, 2.45) is 23.7 Å². The predicted molar refractivity (Wildman–Crippen MR) is 136 cm³/mol. The van der Waals surface area contributed by atoms with E-state index in [4.69, 9.17) is 0 Å². The number of amides is 2. The summed E-state index contributed by atoms with van der Waals surface area (Å²) in [6.07, 6.45) is 10.2. The van der Waals surface area contributed by atoms with E-state index in [2.05, 4.69) is 52.0 Å². The number of allylic oxidation sites excluding steroid dienone is 1. The van der Waals surface area contributed by atoms with Crippen LogP contribution in [0, 0.1) is 23.7 Å². The quantitative estimate of drug-likeness (QED) is 0.617. The highest BCUT2D eigenvalue weighted by Crippen LogP contribution is 2.39. The fraction of sp³-hybridized carbons (Fsp3) is 0.519. The van der Waals surface area contributed by atoms with Crippen LogP contribution in [0.25, 0.3) is 0 Å². The summed E-state index contributed by atoms with van der Waals surface area (Å²) in [5.41, 5.74) is 1.58. The zero-order valence-electron chi connectivity index (χ0n) is 20.9. The second-order valence-electron chi connectivity index (χ2n) is 9.98. The number of hydrogen-bond donors (Lipinski definition) is 1. The van der Waals surface area contributed by atoms with Crippen LogP contribution in [-0.2, 0) is 4.79 Å². The van der Waals surface area contributed by atoms with Gasteiger partial charge in [-0.15, -0.1) is 0 Å². The van der Waals surface area contributed by atoms with Gasteiger partial charge in [-0.1, -0.05) is 31.6 Å². The van der Waals surface area contributed by atoms with Crippen molar-refractivity contribution in [3.8, 4) is 0 Å². The van der Waals surface area contributed by atoms with Gasteiger partial charge in [-0.3, -0.25) is 14.6 Å². The van der Waals surface area contributed by atoms with E-state index in [0.29, 0.717) is 30.5 Å². The largest absolute Gasteiger partial charge is 0.353 e. The van der Waals surface area contributed by atoms with E-state index in [-0.39, 0.29) is 23.7 Å². The first-order valence-corrected chi connectivity index (χ1v) is 12.6. The summed E-state index contributed by atoms with van der Waals surface area (Å²) in [6.45, 7) is 10.2. The molecular formula is C27H36N6O2. The maximum atomic E-state index is 13.2. The van der Waals surface area contributed by atoms with Crippen molar-refractivity contribution < 1.29 is 9.59 Å². The van der Waals surface area contributed by atoms with Gasteiger partial charge in [0.25, 0.3) is 5.91 Å². The van der Waals surface area contributed by atoms with E-state index in [1.807, 2.05) is 29.3 Å². The van der Waals surface area contributed by atoms with Crippen molar-refractivity contribution in [3.63, 3.8) is 0 Å². The van der Waals surface area contributed by atoms with E-state index >= 15 is 0 Å². The van der Waals surface area contributed by atoms with Gasteiger partial charge in [0, 0.05) is 57.7 Å². The van der Waals surface area contributed by atoms with Gasteiger partial charge in [-0.05, 0) is 49.1 Å². The van der Waals surface area contributed by atoms with Crippen LogP contribution >= 0.6 is 0 Å². The topological polar surface area (TPSA) is 91.3 Å². The first kappa shape index (κ1) is 24.8. The highest BCUT2D eigenvalue weighted by atomic mass is 16.2. The smallest absolute Gasteiger partial charge is 0.271 e. The van der Waals surface area contributed by atoms with E-state index in [9.17, 15) is 9.59 Å². The van der Waals surface area contributed by atoms with Crippen LogP contribution in [0.15, 0.2) is 54.6 Å². The fourth-order valence-electron chi connectivity index (χ4n) is 5.29. The normalized spacial score (nSPS) is 22.6. The molecule has 2 aliphatic rings. The third kappa shape index (κ3) is 6.24. The average Bonchev–Trinajstić information content (AvgIpc) is 2.89. The minimum absolute atomic E-state index is 0.200. The average molecular weight is 477 g/mol. The Morgan fingerprint density at radius 1 is 1.09 bits per heavy atom. The molecule has 8 heteroatoms. The number of pyridine rings is 1. The van der Waals surface area contributed by atoms with Gasteiger partial charge >= 0.3 is 0 Å². The molecule has 1 aliphatic carbocycles. The van der Waals surface area contributed by atoms with Crippen molar-refractivity contribution in [3.05, 3.63) is 60.3 Å². The Morgan fingerprint density at radius 3 is 2.54 bits per heavy atom. The molecule has 1 aliphatic heterocycles.